The molecule has 0 aliphatic heterocycles. The first-order chi connectivity index (χ1) is 8.43. The van der Waals surface area contributed by atoms with Gasteiger partial charge < -0.3 is 15.0 Å². The van der Waals surface area contributed by atoms with E-state index >= 15 is 0 Å². The van der Waals surface area contributed by atoms with Gasteiger partial charge in [0.1, 0.15) is 6.54 Å². The minimum atomic E-state index is -1.13. The van der Waals surface area contributed by atoms with Gasteiger partial charge in [0, 0.05) is 18.3 Å². The molecule has 98 valence electrons. The van der Waals surface area contributed by atoms with Gasteiger partial charge >= 0.3 is 5.97 Å². The number of aromatic carboxylic acids is 1. The molecule has 1 heterocycles. The Morgan fingerprint density at radius 2 is 2.11 bits per heavy atom. The third kappa shape index (κ3) is 3.73. The number of rotatable bonds is 5. The van der Waals surface area contributed by atoms with Crippen LogP contribution in [0.1, 0.15) is 30.6 Å². The summed E-state index contributed by atoms with van der Waals surface area (Å²) in [5.74, 6) is -1.44. The summed E-state index contributed by atoms with van der Waals surface area (Å²) in [5, 5.41) is 11.5. The normalized spacial score (nSPS) is 11.9. The van der Waals surface area contributed by atoms with Crippen LogP contribution in [-0.2, 0) is 11.3 Å². The van der Waals surface area contributed by atoms with Gasteiger partial charge in [-0.3, -0.25) is 9.59 Å². The van der Waals surface area contributed by atoms with E-state index in [0.29, 0.717) is 0 Å². The molecule has 1 rings (SSSR count). The van der Waals surface area contributed by atoms with Crippen LogP contribution >= 0.6 is 0 Å². The molecule has 0 aliphatic carbocycles. The number of carboxylic acids is 1. The van der Waals surface area contributed by atoms with Crippen molar-refractivity contribution in [3.05, 3.63) is 34.2 Å². The molecular weight excluding hydrogens is 236 g/mol. The Morgan fingerprint density at radius 3 is 2.67 bits per heavy atom. The molecule has 0 aliphatic rings. The van der Waals surface area contributed by atoms with Gasteiger partial charge in [-0.15, -0.1) is 0 Å². The van der Waals surface area contributed by atoms with E-state index in [1.54, 1.807) is 0 Å². The summed E-state index contributed by atoms with van der Waals surface area (Å²) >= 11 is 0. The summed E-state index contributed by atoms with van der Waals surface area (Å²) in [6.45, 7) is 3.61. The number of hydrogen-bond donors (Lipinski definition) is 2. The molecule has 2 N–H and O–H groups in total. The van der Waals surface area contributed by atoms with Crippen LogP contribution in [0.5, 0.6) is 0 Å². The summed E-state index contributed by atoms with van der Waals surface area (Å²) in [5.41, 5.74) is -0.426. The van der Waals surface area contributed by atoms with E-state index < -0.39 is 11.5 Å². The molecule has 0 radical (unpaired) electrons. The van der Waals surface area contributed by atoms with Crippen molar-refractivity contribution in [2.45, 2.75) is 32.9 Å². The minimum Gasteiger partial charge on any atom is -0.478 e. The molecule has 1 unspecified atom stereocenters. The number of aromatic nitrogens is 1. The fraction of sp³-hybridized carbons (Fsp3) is 0.417. The van der Waals surface area contributed by atoms with Crippen LogP contribution in [0.25, 0.3) is 0 Å². The Hall–Kier alpha value is -2.11. The van der Waals surface area contributed by atoms with E-state index in [4.69, 9.17) is 5.11 Å². The van der Waals surface area contributed by atoms with Crippen LogP contribution in [0.2, 0.25) is 0 Å². The molecule has 0 bridgehead atoms. The maximum atomic E-state index is 11.6. The van der Waals surface area contributed by atoms with E-state index in [1.165, 1.54) is 12.3 Å². The van der Waals surface area contributed by atoms with Crippen LogP contribution in [0, 0.1) is 0 Å². The number of hydrogen-bond acceptors (Lipinski definition) is 3. The highest BCUT2D eigenvalue weighted by Gasteiger charge is 2.09. The number of nitrogens with zero attached hydrogens (tertiary/aromatic N) is 1. The van der Waals surface area contributed by atoms with Crippen molar-refractivity contribution >= 4 is 11.9 Å². The number of pyridine rings is 1. The van der Waals surface area contributed by atoms with Crippen LogP contribution in [0.3, 0.4) is 0 Å². The molecule has 1 amide bonds. The highest BCUT2D eigenvalue weighted by molar-refractivity contribution is 5.87. The maximum absolute atomic E-state index is 11.6. The SMILES string of the molecule is CCC(C)NC(=O)Cn1cc(C(=O)O)ccc1=O. The van der Waals surface area contributed by atoms with Gasteiger partial charge in [-0.2, -0.15) is 0 Å². The first kappa shape index (κ1) is 14.0. The maximum Gasteiger partial charge on any atom is 0.337 e. The standard InChI is InChI=1S/C12H16N2O4/c1-3-8(2)13-10(15)7-14-6-9(12(17)18)4-5-11(14)16/h4-6,8H,3,7H2,1-2H3,(H,13,15)(H,17,18). The smallest absolute Gasteiger partial charge is 0.337 e. The number of carbonyl (C=O) groups excluding carboxylic acids is 1. The zero-order chi connectivity index (χ0) is 13.7. The molecule has 0 saturated heterocycles. The predicted molar refractivity (Wildman–Crippen MR) is 65.6 cm³/mol. The fourth-order valence-electron chi connectivity index (χ4n) is 1.36. The Labute approximate surface area is 104 Å². The van der Waals surface area contributed by atoms with Crippen LogP contribution in [0.15, 0.2) is 23.1 Å². The number of nitrogens with one attached hydrogen (secondary N) is 1. The third-order valence-corrected chi connectivity index (χ3v) is 2.56. The Bertz CT molecular complexity index is 507. The highest BCUT2D eigenvalue weighted by Crippen LogP contribution is 1.96. The largest absolute Gasteiger partial charge is 0.478 e. The molecule has 1 aromatic rings. The van der Waals surface area contributed by atoms with Gasteiger partial charge in [-0.05, 0) is 19.4 Å². The molecule has 1 aromatic heterocycles. The Morgan fingerprint density at radius 1 is 1.44 bits per heavy atom. The van der Waals surface area contributed by atoms with E-state index in [9.17, 15) is 14.4 Å². The van der Waals surface area contributed by atoms with Crippen molar-refractivity contribution in [1.82, 2.24) is 9.88 Å². The van der Waals surface area contributed by atoms with Crippen molar-refractivity contribution in [2.75, 3.05) is 0 Å². The second-order valence-electron chi connectivity index (χ2n) is 4.07. The summed E-state index contributed by atoms with van der Waals surface area (Å²) < 4.78 is 1.08. The summed E-state index contributed by atoms with van der Waals surface area (Å²) in [7, 11) is 0. The van der Waals surface area contributed by atoms with Crippen molar-refractivity contribution in [2.24, 2.45) is 0 Å². The fourth-order valence-corrected chi connectivity index (χ4v) is 1.36. The van der Waals surface area contributed by atoms with Gasteiger partial charge in [-0.1, -0.05) is 6.92 Å². The van der Waals surface area contributed by atoms with Crippen LogP contribution in [-0.4, -0.2) is 27.6 Å². The second kappa shape index (κ2) is 6.00. The number of amides is 1. The lowest BCUT2D eigenvalue weighted by Crippen LogP contribution is -2.37. The number of carboxylic acid groups (broad SMARTS) is 1. The van der Waals surface area contributed by atoms with Gasteiger partial charge in [-0.25, -0.2) is 4.79 Å². The average Bonchev–Trinajstić information content (AvgIpc) is 2.31. The first-order valence-electron chi connectivity index (χ1n) is 5.67. The Kier molecular flexibility index (Phi) is 4.65. The molecular formula is C12H16N2O4. The molecule has 6 heteroatoms. The third-order valence-electron chi connectivity index (χ3n) is 2.56. The van der Waals surface area contributed by atoms with Crippen molar-refractivity contribution in [3.8, 4) is 0 Å². The van der Waals surface area contributed by atoms with E-state index in [-0.39, 0.29) is 24.1 Å². The van der Waals surface area contributed by atoms with Gasteiger partial charge in [0.15, 0.2) is 0 Å². The molecule has 0 aromatic carbocycles. The van der Waals surface area contributed by atoms with Gasteiger partial charge in [0.05, 0.1) is 5.56 Å². The first-order valence-corrected chi connectivity index (χ1v) is 5.67. The number of carbonyl (C=O) groups is 2. The lowest BCUT2D eigenvalue weighted by Gasteiger charge is -2.12. The van der Waals surface area contributed by atoms with Crippen LogP contribution in [0.4, 0.5) is 0 Å². The summed E-state index contributed by atoms with van der Waals surface area (Å²) in [4.78, 5) is 33.8. The zero-order valence-corrected chi connectivity index (χ0v) is 10.3. The van der Waals surface area contributed by atoms with E-state index in [2.05, 4.69) is 5.32 Å². The van der Waals surface area contributed by atoms with Gasteiger partial charge in [0.2, 0.25) is 5.91 Å². The zero-order valence-electron chi connectivity index (χ0n) is 10.3. The second-order valence-corrected chi connectivity index (χ2v) is 4.07. The average molecular weight is 252 g/mol. The lowest BCUT2D eigenvalue weighted by molar-refractivity contribution is -0.122. The quantitative estimate of drug-likeness (QED) is 0.796. The molecule has 0 spiro atoms. The summed E-state index contributed by atoms with van der Waals surface area (Å²) in [6.07, 6.45) is 1.96. The summed E-state index contributed by atoms with van der Waals surface area (Å²) in [6, 6.07) is 2.38. The molecule has 6 nitrogen and oxygen atoms in total. The topological polar surface area (TPSA) is 88.4 Å². The van der Waals surface area contributed by atoms with Crippen molar-refractivity contribution in [1.29, 1.82) is 0 Å². The molecule has 18 heavy (non-hydrogen) atoms. The predicted octanol–water partition coefficient (Wildman–Crippen LogP) is 0.461. The molecule has 0 saturated carbocycles. The minimum absolute atomic E-state index is 0.0223. The highest BCUT2D eigenvalue weighted by atomic mass is 16.4. The van der Waals surface area contributed by atoms with Gasteiger partial charge in [0.25, 0.3) is 5.56 Å². The van der Waals surface area contributed by atoms with Crippen LogP contribution < -0.4 is 10.9 Å². The molecule has 1 atom stereocenters. The lowest BCUT2D eigenvalue weighted by atomic mass is 10.2. The van der Waals surface area contributed by atoms with E-state index in [1.807, 2.05) is 13.8 Å². The Balaban J connectivity index is 2.84. The van der Waals surface area contributed by atoms with E-state index in [0.717, 1.165) is 17.1 Å². The molecule has 0 fully saturated rings. The van der Waals surface area contributed by atoms with Crippen molar-refractivity contribution < 1.29 is 14.7 Å². The monoisotopic (exact) mass is 252 g/mol. The van der Waals surface area contributed by atoms with Crippen molar-refractivity contribution in [3.63, 3.8) is 0 Å².